The van der Waals surface area contributed by atoms with Crippen molar-refractivity contribution >= 4 is 5.69 Å². The predicted molar refractivity (Wildman–Crippen MR) is 100 cm³/mol. The number of likely N-dealkylation sites (tertiary alicyclic amines) is 1. The lowest BCUT2D eigenvalue weighted by molar-refractivity contribution is 0.198. The zero-order valence-corrected chi connectivity index (χ0v) is 14.9. The van der Waals surface area contributed by atoms with E-state index in [1.807, 2.05) is 0 Å². The van der Waals surface area contributed by atoms with E-state index < -0.39 is 11.6 Å². The first-order valence-electron chi connectivity index (χ1n) is 9.47. The molecule has 0 unspecified atom stereocenters. The van der Waals surface area contributed by atoms with Gasteiger partial charge in [-0.25, -0.2) is 14.2 Å². The zero-order valence-electron chi connectivity index (χ0n) is 14.9. The third-order valence-corrected chi connectivity index (χ3v) is 5.53. The predicted octanol–water partition coefficient (Wildman–Crippen LogP) is 3.54. The molecule has 1 saturated heterocycles. The molecule has 2 heterocycles. The van der Waals surface area contributed by atoms with Crippen molar-refractivity contribution in [3.63, 3.8) is 0 Å². The van der Waals surface area contributed by atoms with Gasteiger partial charge in [-0.05, 0) is 62.0 Å². The summed E-state index contributed by atoms with van der Waals surface area (Å²) in [7, 11) is 0. The first kappa shape index (κ1) is 17.4. The fourth-order valence-electron chi connectivity index (χ4n) is 3.98. The smallest absolute Gasteiger partial charge is 0.129 e. The molecule has 3 nitrogen and oxygen atoms in total. The Hall–Kier alpha value is -1.98. The van der Waals surface area contributed by atoms with Crippen molar-refractivity contribution in [1.82, 2.24) is 10.3 Å². The maximum absolute atomic E-state index is 13.7. The Balaban J connectivity index is 1.24. The number of halogens is 2. The highest BCUT2D eigenvalue weighted by molar-refractivity contribution is 5.56. The highest BCUT2D eigenvalue weighted by atomic mass is 19.1. The van der Waals surface area contributed by atoms with Crippen molar-refractivity contribution in [2.75, 3.05) is 31.2 Å². The molecule has 1 N–H and O–H groups in total. The van der Waals surface area contributed by atoms with Crippen LogP contribution in [0.1, 0.15) is 24.0 Å². The average molecular weight is 357 g/mol. The Bertz CT molecular complexity index is 757. The minimum absolute atomic E-state index is 0.436. The Morgan fingerprint density at radius 3 is 2.62 bits per heavy atom. The van der Waals surface area contributed by atoms with Crippen LogP contribution in [0.3, 0.4) is 0 Å². The summed E-state index contributed by atoms with van der Waals surface area (Å²) in [5.74, 6) is -0.948. The number of nitrogens with one attached hydrogen (secondary N) is 1. The number of rotatable bonds is 5. The summed E-state index contributed by atoms with van der Waals surface area (Å²) in [6, 6.07) is 12.9. The summed E-state index contributed by atoms with van der Waals surface area (Å²) >= 11 is 0. The van der Waals surface area contributed by atoms with Crippen LogP contribution in [0.2, 0.25) is 0 Å². The van der Waals surface area contributed by atoms with Crippen LogP contribution in [0.25, 0.3) is 0 Å². The van der Waals surface area contributed by atoms with Crippen molar-refractivity contribution in [1.29, 1.82) is 0 Å². The van der Waals surface area contributed by atoms with Crippen LogP contribution in [-0.4, -0.2) is 37.1 Å². The number of hydrogen-bond acceptors (Lipinski definition) is 3. The Kier molecular flexibility index (Phi) is 5.18. The van der Waals surface area contributed by atoms with Gasteiger partial charge in [0.15, 0.2) is 0 Å². The molecule has 0 spiro atoms. The van der Waals surface area contributed by atoms with Crippen molar-refractivity contribution in [2.45, 2.75) is 31.7 Å². The third kappa shape index (κ3) is 3.89. The fraction of sp³-hybridized carbons (Fsp3) is 0.429. The molecule has 0 amide bonds. The van der Waals surface area contributed by atoms with Gasteiger partial charge < -0.3 is 9.91 Å². The van der Waals surface area contributed by atoms with Crippen LogP contribution < -0.4 is 10.4 Å². The molecule has 26 heavy (non-hydrogen) atoms. The largest absolute Gasteiger partial charge is 0.308 e. The van der Waals surface area contributed by atoms with Crippen LogP contribution in [0.15, 0.2) is 42.5 Å². The van der Waals surface area contributed by atoms with Gasteiger partial charge in [0.2, 0.25) is 0 Å². The molecular formula is C21H25F2N3. The van der Waals surface area contributed by atoms with Crippen LogP contribution in [0.5, 0.6) is 0 Å². The first-order valence-corrected chi connectivity index (χ1v) is 9.47. The minimum Gasteiger partial charge on any atom is -0.308 e. The number of para-hydroxylation sites is 1. The second-order valence-corrected chi connectivity index (χ2v) is 7.26. The Morgan fingerprint density at radius 2 is 1.81 bits per heavy atom. The van der Waals surface area contributed by atoms with Gasteiger partial charge >= 0.3 is 0 Å². The number of anilines is 1. The van der Waals surface area contributed by atoms with Gasteiger partial charge in [-0.15, -0.1) is 0 Å². The van der Waals surface area contributed by atoms with Crippen molar-refractivity contribution < 1.29 is 8.78 Å². The highest BCUT2D eigenvalue weighted by Gasteiger charge is 2.24. The molecule has 2 aliphatic rings. The molecule has 2 aromatic carbocycles. The molecular weight excluding hydrogens is 332 g/mol. The quantitative estimate of drug-likeness (QED) is 0.883. The summed E-state index contributed by atoms with van der Waals surface area (Å²) in [4.78, 5) is 2.37. The fourth-order valence-corrected chi connectivity index (χ4v) is 3.98. The van der Waals surface area contributed by atoms with Gasteiger partial charge in [0, 0.05) is 25.2 Å². The van der Waals surface area contributed by atoms with E-state index in [2.05, 4.69) is 39.6 Å². The minimum atomic E-state index is -0.512. The lowest BCUT2D eigenvalue weighted by Gasteiger charge is -2.35. The van der Waals surface area contributed by atoms with Gasteiger partial charge in [0.05, 0.1) is 5.69 Å². The molecule has 2 aromatic rings. The van der Waals surface area contributed by atoms with Crippen molar-refractivity contribution in [3.05, 3.63) is 65.2 Å². The van der Waals surface area contributed by atoms with Crippen LogP contribution in [0, 0.1) is 11.6 Å². The highest BCUT2D eigenvalue weighted by Crippen LogP contribution is 2.26. The van der Waals surface area contributed by atoms with E-state index >= 15 is 0 Å². The molecule has 0 bridgehead atoms. The average Bonchev–Trinajstić information content (AvgIpc) is 3.05. The van der Waals surface area contributed by atoms with E-state index in [1.165, 1.54) is 17.3 Å². The van der Waals surface area contributed by atoms with Crippen molar-refractivity contribution in [3.8, 4) is 0 Å². The first-order chi connectivity index (χ1) is 12.7. The number of nitrogens with zero attached hydrogens (tertiary/aromatic N) is 2. The van der Waals surface area contributed by atoms with E-state index in [0.717, 1.165) is 51.5 Å². The van der Waals surface area contributed by atoms with E-state index in [4.69, 9.17) is 0 Å². The summed E-state index contributed by atoms with van der Waals surface area (Å²) in [5, 5.41) is 2.30. The van der Waals surface area contributed by atoms with Gasteiger partial charge in [0.1, 0.15) is 11.6 Å². The topological polar surface area (TPSA) is 18.5 Å². The molecule has 2 aliphatic heterocycles. The second-order valence-electron chi connectivity index (χ2n) is 7.26. The molecule has 0 atom stereocenters. The molecule has 4 rings (SSSR count). The number of hydrazine groups is 1. The molecule has 0 aliphatic carbocycles. The zero-order chi connectivity index (χ0) is 17.9. The van der Waals surface area contributed by atoms with E-state index in [-0.39, 0.29) is 0 Å². The molecule has 1 fully saturated rings. The van der Waals surface area contributed by atoms with Crippen LogP contribution in [0.4, 0.5) is 14.5 Å². The lowest BCUT2D eigenvalue weighted by Crippen LogP contribution is -2.49. The molecule has 0 saturated carbocycles. The summed E-state index contributed by atoms with van der Waals surface area (Å²) < 4.78 is 26.7. The number of fused-ring (bicyclic) bond motifs is 1. The Labute approximate surface area is 153 Å². The summed E-state index contributed by atoms with van der Waals surface area (Å²) in [6.45, 7) is 3.87. The number of benzene rings is 2. The maximum atomic E-state index is 13.7. The van der Waals surface area contributed by atoms with Crippen molar-refractivity contribution in [2.24, 2.45) is 0 Å². The number of piperidine rings is 1. The summed E-state index contributed by atoms with van der Waals surface area (Å²) in [6.07, 6.45) is 3.91. The van der Waals surface area contributed by atoms with E-state index in [1.54, 1.807) is 6.07 Å². The van der Waals surface area contributed by atoms with Crippen LogP contribution in [-0.2, 0) is 12.8 Å². The monoisotopic (exact) mass is 357 g/mol. The second kappa shape index (κ2) is 7.72. The Morgan fingerprint density at radius 1 is 1.00 bits per heavy atom. The molecule has 5 heteroatoms. The molecule has 0 aromatic heterocycles. The molecule has 138 valence electrons. The summed E-state index contributed by atoms with van der Waals surface area (Å²) in [5.41, 5.74) is 7.01. The van der Waals surface area contributed by atoms with Gasteiger partial charge in [-0.1, -0.05) is 24.3 Å². The van der Waals surface area contributed by atoms with E-state index in [9.17, 15) is 8.78 Å². The molecule has 0 radical (unpaired) electrons. The van der Waals surface area contributed by atoms with Gasteiger partial charge in [-0.3, -0.25) is 0 Å². The SMILES string of the molecule is Fc1ccc(CCN2CCC(NN3CCc4ccccc43)CC2)c(F)c1. The number of hydrogen-bond donors (Lipinski definition) is 1. The van der Waals surface area contributed by atoms with Crippen LogP contribution >= 0.6 is 0 Å². The van der Waals surface area contributed by atoms with Gasteiger partial charge in [-0.2, -0.15) is 0 Å². The maximum Gasteiger partial charge on any atom is 0.129 e. The van der Waals surface area contributed by atoms with E-state index in [0.29, 0.717) is 18.0 Å². The lowest BCUT2D eigenvalue weighted by atomic mass is 10.0. The standard InChI is InChI=1S/C21H25F2N3/c22-18-6-5-16(20(23)15-18)7-11-25-12-9-19(10-13-25)24-26-14-8-17-3-1-2-4-21(17)26/h1-6,15,19,24H,7-14H2. The normalized spacial score (nSPS) is 18.3. The van der Waals surface area contributed by atoms with Gasteiger partial charge in [0.25, 0.3) is 0 Å². The third-order valence-electron chi connectivity index (χ3n) is 5.53.